The molecular weight excluding hydrogens is 599 g/mol. The molecule has 0 rings (SSSR count). The Morgan fingerprint density at radius 1 is 0.689 bits per heavy atom. The summed E-state index contributed by atoms with van der Waals surface area (Å²) >= 11 is 0. The Hall–Kier alpha value is -1.81. The third kappa shape index (κ3) is 30.6. The minimum absolute atomic E-state index is 0.149. The van der Waals surface area contributed by atoms with Crippen LogP contribution in [-0.4, -0.2) is 65.7 Å². The van der Waals surface area contributed by atoms with Gasteiger partial charge in [0.15, 0.2) is 6.10 Å². The standard InChI is InChI=1S/C34H61O10P/c1-3-5-7-9-11-13-14-15-16-18-20-22-24-26-34(38)44-32(30-43-45(39,40)42-28-31(36)27-35)29-41-33(37)25-23-21-19-17-12-10-8-6-4-2/h5,7,11,13,15-16,31-32,35-36H,3-4,6,8-10,12,14,17-30H2,1-2H3,(H,39,40)/b7-5-,13-11-,16-15-. The number of rotatable bonds is 31. The van der Waals surface area contributed by atoms with E-state index in [1.807, 2.05) is 0 Å². The number of hydrogen-bond donors (Lipinski definition) is 3. The number of aliphatic hydroxyl groups excluding tert-OH is 2. The first-order chi connectivity index (χ1) is 21.7. The molecule has 11 heteroatoms. The maximum Gasteiger partial charge on any atom is 0.472 e. The fourth-order valence-electron chi connectivity index (χ4n) is 4.18. The lowest BCUT2D eigenvalue weighted by Gasteiger charge is -2.20. The second-order valence-corrected chi connectivity index (χ2v) is 12.6. The summed E-state index contributed by atoms with van der Waals surface area (Å²) in [4.78, 5) is 34.6. The SMILES string of the molecule is CC/C=C\C/C=C\C/C=C\CCCCCC(=O)OC(COC(=O)CCCCCCCCCCC)COP(=O)(O)OCC(O)CO. The van der Waals surface area contributed by atoms with E-state index >= 15 is 0 Å². The number of unbranched alkanes of at least 4 members (excludes halogenated alkanes) is 11. The van der Waals surface area contributed by atoms with Crippen molar-refractivity contribution >= 4 is 19.8 Å². The highest BCUT2D eigenvalue weighted by molar-refractivity contribution is 7.47. The van der Waals surface area contributed by atoms with Gasteiger partial charge < -0.3 is 24.6 Å². The first-order valence-corrected chi connectivity index (χ1v) is 18.4. The van der Waals surface area contributed by atoms with Crippen LogP contribution in [0.2, 0.25) is 0 Å². The molecule has 0 saturated carbocycles. The summed E-state index contributed by atoms with van der Waals surface area (Å²) in [6, 6.07) is 0. The molecule has 45 heavy (non-hydrogen) atoms. The van der Waals surface area contributed by atoms with E-state index < -0.39 is 51.8 Å². The molecule has 0 aromatic carbocycles. The predicted octanol–water partition coefficient (Wildman–Crippen LogP) is 7.66. The van der Waals surface area contributed by atoms with Crippen molar-refractivity contribution in [1.82, 2.24) is 0 Å². The second kappa shape index (κ2) is 30.8. The molecule has 0 fully saturated rings. The summed E-state index contributed by atoms with van der Waals surface area (Å²) in [7, 11) is -4.61. The Morgan fingerprint density at radius 2 is 1.22 bits per heavy atom. The highest BCUT2D eigenvalue weighted by Gasteiger charge is 2.27. The molecule has 0 amide bonds. The van der Waals surface area contributed by atoms with Crippen molar-refractivity contribution in [3.8, 4) is 0 Å². The number of phosphoric acid groups is 1. The van der Waals surface area contributed by atoms with Crippen molar-refractivity contribution in [3.05, 3.63) is 36.5 Å². The van der Waals surface area contributed by atoms with Crippen LogP contribution < -0.4 is 0 Å². The summed E-state index contributed by atoms with van der Waals surface area (Å²) in [6.07, 6.45) is 27.0. The van der Waals surface area contributed by atoms with Crippen LogP contribution in [0.15, 0.2) is 36.5 Å². The molecule has 10 nitrogen and oxygen atoms in total. The maximum atomic E-state index is 12.5. The zero-order valence-electron chi connectivity index (χ0n) is 27.8. The van der Waals surface area contributed by atoms with Crippen molar-refractivity contribution < 1.29 is 47.8 Å². The van der Waals surface area contributed by atoms with Gasteiger partial charge in [-0.3, -0.25) is 18.6 Å². The average Bonchev–Trinajstić information content (AvgIpc) is 3.02. The van der Waals surface area contributed by atoms with Crippen LogP contribution in [0.4, 0.5) is 0 Å². The Kier molecular flexibility index (Phi) is 29.6. The highest BCUT2D eigenvalue weighted by Crippen LogP contribution is 2.43. The van der Waals surface area contributed by atoms with Gasteiger partial charge in [0.25, 0.3) is 0 Å². The smallest absolute Gasteiger partial charge is 0.462 e. The lowest BCUT2D eigenvalue weighted by molar-refractivity contribution is -0.161. The molecule has 0 aromatic rings. The van der Waals surface area contributed by atoms with Gasteiger partial charge in [-0.15, -0.1) is 0 Å². The quantitative estimate of drug-likeness (QED) is 0.0293. The van der Waals surface area contributed by atoms with Crippen LogP contribution >= 0.6 is 7.82 Å². The van der Waals surface area contributed by atoms with Crippen LogP contribution in [0.5, 0.6) is 0 Å². The van der Waals surface area contributed by atoms with E-state index in [2.05, 4.69) is 54.8 Å². The van der Waals surface area contributed by atoms with Crippen molar-refractivity contribution in [2.75, 3.05) is 26.4 Å². The van der Waals surface area contributed by atoms with Gasteiger partial charge in [-0.25, -0.2) is 4.57 Å². The molecule has 0 aliphatic carbocycles. The van der Waals surface area contributed by atoms with E-state index in [0.29, 0.717) is 12.8 Å². The minimum atomic E-state index is -4.61. The molecule has 0 saturated heterocycles. The number of carbonyl (C=O) groups is 2. The molecule has 3 N–H and O–H groups in total. The number of ether oxygens (including phenoxy) is 2. The van der Waals surface area contributed by atoms with Crippen molar-refractivity contribution in [3.63, 3.8) is 0 Å². The van der Waals surface area contributed by atoms with E-state index in [1.54, 1.807) is 0 Å². The lowest BCUT2D eigenvalue weighted by Crippen LogP contribution is -2.29. The lowest BCUT2D eigenvalue weighted by atomic mass is 10.1. The second-order valence-electron chi connectivity index (χ2n) is 11.2. The van der Waals surface area contributed by atoms with Gasteiger partial charge in [0.1, 0.15) is 12.7 Å². The van der Waals surface area contributed by atoms with E-state index in [4.69, 9.17) is 19.1 Å². The summed E-state index contributed by atoms with van der Waals surface area (Å²) in [5.41, 5.74) is 0. The fraction of sp³-hybridized carbons (Fsp3) is 0.765. The number of hydrogen-bond acceptors (Lipinski definition) is 9. The zero-order chi connectivity index (χ0) is 33.4. The minimum Gasteiger partial charge on any atom is -0.462 e. The van der Waals surface area contributed by atoms with E-state index in [-0.39, 0.29) is 19.4 Å². The van der Waals surface area contributed by atoms with Gasteiger partial charge in [-0.2, -0.15) is 0 Å². The molecule has 262 valence electrons. The number of aliphatic hydroxyl groups is 2. The molecule has 0 aromatic heterocycles. The topological polar surface area (TPSA) is 149 Å². The third-order valence-electron chi connectivity index (χ3n) is 6.81. The van der Waals surface area contributed by atoms with Gasteiger partial charge in [-0.05, 0) is 44.9 Å². The Labute approximate surface area is 271 Å². The Balaban J connectivity index is 4.50. The monoisotopic (exact) mass is 660 g/mol. The molecule has 0 spiro atoms. The fourth-order valence-corrected chi connectivity index (χ4v) is 4.97. The largest absolute Gasteiger partial charge is 0.472 e. The van der Waals surface area contributed by atoms with Gasteiger partial charge in [0.2, 0.25) is 0 Å². The summed E-state index contributed by atoms with van der Waals surface area (Å²) in [5, 5.41) is 18.2. The van der Waals surface area contributed by atoms with Crippen molar-refractivity contribution in [1.29, 1.82) is 0 Å². The molecular formula is C34H61O10P. The number of allylic oxidation sites excluding steroid dienone is 6. The molecule has 0 radical (unpaired) electrons. The first-order valence-electron chi connectivity index (χ1n) is 16.9. The van der Waals surface area contributed by atoms with Crippen molar-refractivity contribution in [2.45, 2.75) is 142 Å². The van der Waals surface area contributed by atoms with Gasteiger partial charge >= 0.3 is 19.8 Å². The normalized spacial score (nSPS) is 14.7. The molecule has 0 aliphatic rings. The summed E-state index contributed by atoms with van der Waals surface area (Å²) in [6.45, 7) is 2.17. The Bertz CT molecular complexity index is 858. The van der Waals surface area contributed by atoms with Gasteiger partial charge in [-0.1, -0.05) is 108 Å². The zero-order valence-corrected chi connectivity index (χ0v) is 28.7. The van der Waals surface area contributed by atoms with E-state index in [1.165, 1.54) is 32.1 Å². The highest BCUT2D eigenvalue weighted by atomic mass is 31.2. The van der Waals surface area contributed by atoms with Crippen LogP contribution in [0.3, 0.4) is 0 Å². The molecule has 0 aliphatic heterocycles. The van der Waals surface area contributed by atoms with E-state index in [9.17, 15) is 24.2 Å². The summed E-state index contributed by atoms with van der Waals surface area (Å²) in [5.74, 6) is -0.967. The van der Waals surface area contributed by atoms with Gasteiger partial charge in [0.05, 0.1) is 19.8 Å². The van der Waals surface area contributed by atoms with Crippen molar-refractivity contribution in [2.24, 2.45) is 0 Å². The van der Waals surface area contributed by atoms with E-state index in [0.717, 1.165) is 57.8 Å². The average molecular weight is 661 g/mol. The van der Waals surface area contributed by atoms with Crippen LogP contribution in [0.1, 0.15) is 129 Å². The predicted molar refractivity (Wildman–Crippen MR) is 178 cm³/mol. The molecule has 0 bridgehead atoms. The van der Waals surface area contributed by atoms with Crippen LogP contribution in [0.25, 0.3) is 0 Å². The Morgan fingerprint density at radius 3 is 1.84 bits per heavy atom. The number of esters is 2. The molecule has 3 unspecified atom stereocenters. The van der Waals surface area contributed by atoms with Crippen LogP contribution in [0, 0.1) is 0 Å². The number of carbonyl (C=O) groups excluding carboxylic acids is 2. The summed E-state index contributed by atoms with van der Waals surface area (Å²) < 4.78 is 32.4. The third-order valence-corrected chi connectivity index (χ3v) is 7.76. The van der Waals surface area contributed by atoms with Crippen LogP contribution in [-0.2, 0) is 32.7 Å². The maximum absolute atomic E-state index is 12.5. The molecule has 0 heterocycles. The number of phosphoric ester groups is 1. The van der Waals surface area contributed by atoms with Gasteiger partial charge in [0, 0.05) is 12.8 Å². The molecule has 3 atom stereocenters. The first kappa shape index (κ1) is 43.2.